The van der Waals surface area contributed by atoms with Crippen LogP contribution in [0, 0.1) is 65.1 Å². The van der Waals surface area contributed by atoms with Gasteiger partial charge in [0, 0.05) is 23.3 Å². The van der Waals surface area contributed by atoms with Gasteiger partial charge in [-0.15, -0.1) is 0 Å². The molecule has 3 aromatic rings. The summed E-state index contributed by atoms with van der Waals surface area (Å²) in [5.41, 5.74) is 2.99. The summed E-state index contributed by atoms with van der Waals surface area (Å²) in [6.45, 7) is 36.7. The number of hydrogen-bond donors (Lipinski definition) is 0. The third-order valence-electron chi connectivity index (χ3n) is 22.3. The molecule has 13 unspecified atom stereocenters. The topological polar surface area (TPSA) is 138 Å². The van der Waals surface area contributed by atoms with Crippen molar-refractivity contribution in [3.8, 4) is 0 Å². The van der Waals surface area contributed by atoms with Crippen molar-refractivity contribution in [2.75, 3.05) is 6.61 Å². The van der Waals surface area contributed by atoms with Crippen LogP contribution in [0.15, 0.2) is 91.0 Å². The molecule has 7 aliphatic heterocycles. The predicted molar refractivity (Wildman–Crippen MR) is 335 cm³/mol. The van der Waals surface area contributed by atoms with E-state index in [9.17, 15) is 0 Å². The Labute approximate surface area is 527 Å². The van der Waals surface area contributed by atoms with E-state index in [-0.39, 0.29) is 109 Å². The average Bonchev–Trinajstić information content (AvgIpc) is 2.18. The van der Waals surface area contributed by atoms with Gasteiger partial charge in [0.15, 0.2) is 44.0 Å². The minimum atomic E-state index is -0.960. The smallest absolute Gasteiger partial charge is 0.187 e. The molecule has 0 N–H and O–H groups in total. The summed E-state index contributed by atoms with van der Waals surface area (Å²) in [6.07, 6.45) is -5.93. The van der Waals surface area contributed by atoms with Gasteiger partial charge in [0.2, 0.25) is 0 Å². The molecule has 88 heavy (non-hydrogen) atoms. The zero-order chi connectivity index (χ0) is 62.5. The minimum Gasteiger partial charge on any atom is -0.365 e. The monoisotopic (exact) mass is 1230 g/mol. The lowest BCUT2D eigenvalue weighted by molar-refractivity contribution is -0.414. The Bertz CT molecular complexity index is 2530. The molecule has 0 aromatic heterocycles. The maximum atomic E-state index is 7.75. The van der Waals surface area contributed by atoms with Crippen molar-refractivity contribution < 1.29 is 71.1 Å². The van der Waals surface area contributed by atoms with Crippen LogP contribution in [-0.2, 0) is 84.3 Å². The van der Waals surface area contributed by atoms with E-state index in [2.05, 4.69) is 135 Å². The molecule has 3 aromatic carbocycles. The zero-order valence-electron chi connectivity index (χ0n) is 55.8. The van der Waals surface area contributed by atoms with Gasteiger partial charge in [-0.1, -0.05) is 202 Å². The largest absolute Gasteiger partial charge is 0.365 e. The van der Waals surface area contributed by atoms with Crippen molar-refractivity contribution in [1.82, 2.24) is 0 Å². The molecule has 0 amide bonds. The second kappa shape index (κ2) is 30.9. The molecule has 31 atom stereocenters. The summed E-state index contributed by atoms with van der Waals surface area (Å²) in [5.74, 6) is 1.45. The first kappa shape index (κ1) is 67.9. The first-order chi connectivity index (χ1) is 42.5. The van der Waals surface area contributed by atoms with Crippen LogP contribution in [0.25, 0.3) is 0 Å². The predicted octanol–water partition coefficient (Wildman–Crippen LogP) is 14.2. The zero-order valence-corrected chi connectivity index (χ0v) is 55.8. The first-order valence-electron chi connectivity index (χ1n) is 34.3. The number of benzene rings is 3. The molecule has 492 valence electrons. The Kier molecular flexibility index (Phi) is 23.8. The maximum absolute atomic E-state index is 7.75. The quantitative estimate of drug-likeness (QED) is 0.0942. The fourth-order valence-corrected chi connectivity index (χ4v) is 15.2. The standard InChI is InChI=1S/C73H110O15/c1-17-54-41(7)40(6)48(14)68(77-54)85-62-44(10)42(8)55(18-2)78-71(62)86-63-45(11)43(9)56(19-3)79-72(63)88-65-64-59(39-76-70(87-64)53-35-29-24-30-36-53)82-73(66(65)74-37-51-31-25-22-26-32-51)84-61-47(13)50(16)69(81-58(61)21-5)83-60-46(12)49(15)67(80-57(60)20-4)75-38-52-33-27-23-28-34-52/h22-36,40-50,54-73H,17-21,37-39H2,1-16H3/t40?,41-,42-,43-,44?,45?,46+,47+,48?,49?,50?,54-,55-,56-,57?,58?,59?,60-,61-,62?,63?,64+,65-,66?,67+,68+,69-,70?,71+,72+,73-/m0/s1. The van der Waals surface area contributed by atoms with Crippen LogP contribution in [0.3, 0.4) is 0 Å². The van der Waals surface area contributed by atoms with Crippen LogP contribution >= 0.6 is 0 Å². The lowest BCUT2D eigenvalue weighted by Gasteiger charge is -2.54. The van der Waals surface area contributed by atoms with Gasteiger partial charge in [0.1, 0.15) is 36.6 Å². The average molecular weight is 1230 g/mol. The van der Waals surface area contributed by atoms with Gasteiger partial charge < -0.3 is 71.1 Å². The minimum absolute atomic E-state index is 0.0347. The van der Waals surface area contributed by atoms with Crippen LogP contribution in [0.5, 0.6) is 0 Å². The number of ether oxygens (including phenoxy) is 15. The van der Waals surface area contributed by atoms with E-state index < -0.39 is 80.5 Å². The van der Waals surface area contributed by atoms with E-state index in [1.54, 1.807) is 0 Å². The Morgan fingerprint density at radius 1 is 0.318 bits per heavy atom. The van der Waals surface area contributed by atoms with Crippen LogP contribution < -0.4 is 0 Å². The molecule has 15 nitrogen and oxygen atoms in total. The van der Waals surface area contributed by atoms with E-state index in [4.69, 9.17) is 71.1 Å². The van der Waals surface area contributed by atoms with Gasteiger partial charge in [0.05, 0.1) is 62.5 Å². The second-order valence-electron chi connectivity index (χ2n) is 27.5. The van der Waals surface area contributed by atoms with Crippen molar-refractivity contribution in [3.63, 3.8) is 0 Å². The maximum Gasteiger partial charge on any atom is 0.187 e. The highest BCUT2D eigenvalue weighted by molar-refractivity contribution is 5.18. The number of fused-ring (bicyclic) bond motifs is 1. The van der Waals surface area contributed by atoms with Crippen molar-refractivity contribution in [2.45, 2.75) is 279 Å². The highest BCUT2D eigenvalue weighted by atomic mass is 16.8. The van der Waals surface area contributed by atoms with Crippen LogP contribution in [0.4, 0.5) is 0 Å². The lowest BCUT2D eigenvalue weighted by Crippen LogP contribution is -2.67. The molecule has 7 aliphatic rings. The van der Waals surface area contributed by atoms with Crippen LogP contribution in [-0.4, -0.2) is 124 Å². The molecule has 0 radical (unpaired) electrons. The third kappa shape index (κ3) is 14.9. The summed E-state index contributed by atoms with van der Waals surface area (Å²) >= 11 is 0. The van der Waals surface area contributed by atoms with Gasteiger partial charge in [-0.25, -0.2) is 0 Å². The SMILES string of the molecule is CCC1O[C@@H](OCc2ccccc2)C(C)[C@@H](C)[C@@H]1O[C@@H]1OC(CC)[C@@H](O[C@@H]2OC3COC(c4ccccc4)O[C@H]3[C@H](O[C@H]3O[C@@H](CC)[C@@H](C)C(C)C3O[C@H]3O[C@@H](CC)[C@@H](C)C(C)C3O[C@H]3O[C@@H](CC)[C@@H](C)C(C)C3C)C2OCc2ccccc2)[C@H](C)C1C. The molecule has 10 rings (SSSR count). The molecule has 0 spiro atoms. The van der Waals surface area contributed by atoms with Gasteiger partial charge in [0.25, 0.3) is 0 Å². The van der Waals surface area contributed by atoms with Crippen LogP contribution in [0.1, 0.15) is 166 Å². The normalized spacial score (nSPS) is 44.9. The molecule has 0 saturated carbocycles. The lowest BCUT2D eigenvalue weighted by atomic mass is 9.78. The first-order valence-corrected chi connectivity index (χ1v) is 34.3. The summed E-state index contributed by atoms with van der Waals surface area (Å²) in [5, 5.41) is 0. The number of hydrogen-bond acceptors (Lipinski definition) is 15. The van der Waals surface area contributed by atoms with Gasteiger partial charge in [-0.3, -0.25) is 0 Å². The second-order valence-corrected chi connectivity index (χ2v) is 27.5. The van der Waals surface area contributed by atoms with Crippen molar-refractivity contribution in [2.24, 2.45) is 65.1 Å². The van der Waals surface area contributed by atoms with Gasteiger partial charge in [-0.05, 0) is 90.6 Å². The van der Waals surface area contributed by atoms with Crippen molar-refractivity contribution in [1.29, 1.82) is 0 Å². The molecule has 0 bridgehead atoms. The fraction of sp³-hybridized carbons (Fsp3) is 0.753. The Hall–Kier alpha value is -2.94. The summed E-state index contributed by atoms with van der Waals surface area (Å²) in [7, 11) is 0. The van der Waals surface area contributed by atoms with Gasteiger partial charge in [-0.2, -0.15) is 0 Å². The Morgan fingerprint density at radius 2 is 0.682 bits per heavy atom. The molecular weight excluding hydrogens is 1120 g/mol. The molecule has 15 heteroatoms. The molecule has 7 fully saturated rings. The van der Waals surface area contributed by atoms with E-state index in [1.165, 1.54) is 0 Å². The number of rotatable bonds is 22. The van der Waals surface area contributed by atoms with E-state index in [0.29, 0.717) is 24.9 Å². The Balaban J connectivity index is 0.953. The fourth-order valence-electron chi connectivity index (χ4n) is 15.2. The van der Waals surface area contributed by atoms with E-state index in [0.717, 1.165) is 42.4 Å². The van der Waals surface area contributed by atoms with E-state index in [1.807, 2.05) is 66.7 Å². The molecule has 0 aliphatic carbocycles. The third-order valence-corrected chi connectivity index (χ3v) is 22.3. The van der Waals surface area contributed by atoms with Crippen LogP contribution in [0.2, 0.25) is 0 Å². The highest BCUT2D eigenvalue weighted by Crippen LogP contribution is 2.47. The molecule has 7 heterocycles. The van der Waals surface area contributed by atoms with Crippen molar-refractivity contribution in [3.05, 3.63) is 108 Å². The summed E-state index contributed by atoms with van der Waals surface area (Å²) in [4.78, 5) is 0. The summed E-state index contributed by atoms with van der Waals surface area (Å²) < 4.78 is 107. The molecular formula is C73H110O15. The molecule has 7 saturated heterocycles. The summed E-state index contributed by atoms with van der Waals surface area (Å²) in [6, 6.07) is 30.5. The van der Waals surface area contributed by atoms with Gasteiger partial charge >= 0.3 is 0 Å². The highest BCUT2D eigenvalue weighted by Gasteiger charge is 2.58. The van der Waals surface area contributed by atoms with E-state index >= 15 is 0 Å². The van der Waals surface area contributed by atoms with Crippen molar-refractivity contribution >= 4 is 0 Å². The Morgan fingerprint density at radius 3 is 1.19 bits per heavy atom.